The van der Waals surface area contributed by atoms with Crippen molar-refractivity contribution in [2.75, 3.05) is 11.1 Å². The molecule has 0 bridgehead atoms. The van der Waals surface area contributed by atoms with Crippen LogP contribution in [0.3, 0.4) is 0 Å². The van der Waals surface area contributed by atoms with Crippen LogP contribution in [0.4, 0.5) is 15.8 Å². The third-order valence-corrected chi connectivity index (χ3v) is 3.19. The van der Waals surface area contributed by atoms with E-state index in [1.807, 2.05) is 0 Å². The average Bonchev–Trinajstić information content (AvgIpc) is 2.34. The van der Waals surface area contributed by atoms with E-state index in [1.165, 1.54) is 30.3 Å². The second-order valence-electron chi connectivity index (χ2n) is 3.98. The van der Waals surface area contributed by atoms with Gasteiger partial charge in [-0.15, -0.1) is 0 Å². The molecule has 0 fully saturated rings. The Labute approximate surface area is 129 Å². The molecule has 0 aliphatic rings. The molecular formula is C13H8Cl3FN2O. The van der Waals surface area contributed by atoms with Crippen molar-refractivity contribution in [3.63, 3.8) is 0 Å². The molecule has 0 heterocycles. The first-order valence-corrected chi connectivity index (χ1v) is 6.52. The van der Waals surface area contributed by atoms with Gasteiger partial charge in [0.25, 0.3) is 5.91 Å². The highest BCUT2D eigenvalue weighted by molar-refractivity contribution is 6.35. The largest absolute Gasteiger partial charge is 0.399 e. The fourth-order valence-corrected chi connectivity index (χ4v) is 2.30. The molecule has 0 aromatic heterocycles. The lowest BCUT2D eigenvalue weighted by Crippen LogP contribution is -2.12. The number of hydrogen-bond donors (Lipinski definition) is 2. The van der Waals surface area contributed by atoms with Crippen LogP contribution in [0.1, 0.15) is 10.4 Å². The molecule has 0 spiro atoms. The van der Waals surface area contributed by atoms with Crippen LogP contribution in [0.25, 0.3) is 0 Å². The van der Waals surface area contributed by atoms with E-state index in [0.717, 1.165) is 0 Å². The van der Waals surface area contributed by atoms with Crippen LogP contribution < -0.4 is 11.1 Å². The highest BCUT2D eigenvalue weighted by Gasteiger charge is 2.12. The van der Waals surface area contributed by atoms with E-state index in [0.29, 0.717) is 10.7 Å². The van der Waals surface area contributed by atoms with Gasteiger partial charge >= 0.3 is 0 Å². The molecule has 0 saturated carbocycles. The number of carbonyl (C=O) groups is 1. The number of rotatable bonds is 2. The van der Waals surface area contributed by atoms with Gasteiger partial charge < -0.3 is 11.1 Å². The summed E-state index contributed by atoms with van der Waals surface area (Å²) < 4.78 is 13.3. The monoisotopic (exact) mass is 332 g/mol. The lowest BCUT2D eigenvalue weighted by molar-refractivity contribution is 0.102. The van der Waals surface area contributed by atoms with Crippen LogP contribution in [0.2, 0.25) is 15.1 Å². The van der Waals surface area contributed by atoms with E-state index in [9.17, 15) is 9.18 Å². The van der Waals surface area contributed by atoms with Crippen LogP contribution in [0.5, 0.6) is 0 Å². The minimum atomic E-state index is -0.738. The SMILES string of the molecule is Nc1cc(Cl)cc(C(=O)Nc2cc(Cl)c(F)c(Cl)c2)c1. The number of anilines is 2. The molecular weight excluding hydrogens is 326 g/mol. The van der Waals surface area contributed by atoms with Crippen molar-refractivity contribution in [3.05, 3.63) is 56.8 Å². The van der Waals surface area contributed by atoms with E-state index in [2.05, 4.69) is 5.32 Å². The predicted octanol–water partition coefficient (Wildman–Crippen LogP) is 4.62. The fraction of sp³-hybridized carbons (Fsp3) is 0. The maximum absolute atomic E-state index is 13.3. The Bertz CT molecular complexity index is 648. The molecule has 2 rings (SSSR count). The van der Waals surface area contributed by atoms with Crippen molar-refractivity contribution in [1.82, 2.24) is 0 Å². The second-order valence-corrected chi connectivity index (χ2v) is 5.23. The summed E-state index contributed by atoms with van der Waals surface area (Å²) in [5, 5.41) is 2.51. The summed E-state index contributed by atoms with van der Waals surface area (Å²) in [6.07, 6.45) is 0. The highest BCUT2D eigenvalue weighted by atomic mass is 35.5. The Morgan fingerprint density at radius 3 is 2.20 bits per heavy atom. The van der Waals surface area contributed by atoms with Gasteiger partial charge in [-0.05, 0) is 30.3 Å². The zero-order valence-electron chi connectivity index (χ0n) is 9.88. The van der Waals surface area contributed by atoms with Gasteiger partial charge in [-0.25, -0.2) is 4.39 Å². The number of nitrogens with two attached hydrogens (primary N) is 1. The summed E-state index contributed by atoms with van der Waals surface area (Å²) in [5.41, 5.74) is 6.50. The third-order valence-electron chi connectivity index (χ3n) is 2.42. The highest BCUT2D eigenvalue weighted by Crippen LogP contribution is 2.27. The van der Waals surface area contributed by atoms with E-state index in [1.54, 1.807) is 0 Å². The fourth-order valence-electron chi connectivity index (χ4n) is 1.57. The van der Waals surface area contributed by atoms with Gasteiger partial charge in [0.15, 0.2) is 5.82 Å². The molecule has 1 amide bonds. The van der Waals surface area contributed by atoms with Gasteiger partial charge in [0.2, 0.25) is 0 Å². The number of nitrogens with one attached hydrogen (secondary N) is 1. The van der Waals surface area contributed by atoms with Crippen LogP contribution >= 0.6 is 34.8 Å². The van der Waals surface area contributed by atoms with Gasteiger partial charge in [0.05, 0.1) is 10.0 Å². The zero-order valence-corrected chi connectivity index (χ0v) is 12.2. The number of benzene rings is 2. The number of carbonyl (C=O) groups excluding carboxylic acids is 1. The first kappa shape index (κ1) is 14.9. The summed E-state index contributed by atoms with van der Waals surface area (Å²) in [6, 6.07) is 6.96. The normalized spacial score (nSPS) is 10.4. The second kappa shape index (κ2) is 5.87. The molecule has 3 N–H and O–H groups in total. The van der Waals surface area contributed by atoms with Crippen molar-refractivity contribution >= 4 is 52.1 Å². The molecule has 0 radical (unpaired) electrons. The van der Waals surface area contributed by atoms with Gasteiger partial charge in [0, 0.05) is 22.0 Å². The maximum atomic E-state index is 13.3. The summed E-state index contributed by atoms with van der Waals surface area (Å²) in [7, 11) is 0. The topological polar surface area (TPSA) is 55.1 Å². The van der Waals surface area contributed by atoms with Crippen molar-refractivity contribution in [3.8, 4) is 0 Å². The molecule has 20 heavy (non-hydrogen) atoms. The van der Waals surface area contributed by atoms with Crippen LogP contribution in [0.15, 0.2) is 30.3 Å². The Hall–Kier alpha value is -1.49. The molecule has 2 aromatic carbocycles. The molecule has 0 saturated heterocycles. The molecule has 0 unspecified atom stereocenters. The number of hydrogen-bond acceptors (Lipinski definition) is 2. The van der Waals surface area contributed by atoms with Gasteiger partial charge in [0.1, 0.15) is 0 Å². The first-order chi connectivity index (χ1) is 9.36. The quantitative estimate of drug-likeness (QED) is 0.622. The molecule has 104 valence electrons. The Balaban J connectivity index is 2.28. The number of amides is 1. The van der Waals surface area contributed by atoms with Crippen LogP contribution in [-0.4, -0.2) is 5.91 Å². The minimum Gasteiger partial charge on any atom is -0.399 e. The van der Waals surface area contributed by atoms with E-state index in [4.69, 9.17) is 40.5 Å². The molecule has 7 heteroatoms. The van der Waals surface area contributed by atoms with Gasteiger partial charge in [-0.3, -0.25) is 4.79 Å². The maximum Gasteiger partial charge on any atom is 0.255 e. The van der Waals surface area contributed by atoms with E-state index < -0.39 is 11.7 Å². The van der Waals surface area contributed by atoms with Gasteiger partial charge in [-0.1, -0.05) is 34.8 Å². The van der Waals surface area contributed by atoms with Crippen molar-refractivity contribution in [2.45, 2.75) is 0 Å². The molecule has 0 aliphatic heterocycles. The number of halogens is 4. The van der Waals surface area contributed by atoms with Crippen molar-refractivity contribution in [1.29, 1.82) is 0 Å². The van der Waals surface area contributed by atoms with E-state index in [-0.39, 0.29) is 21.3 Å². The van der Waals surface area contributed by atoms with Crippen molar-refractivity contribution in [2.24, 2.45) is 0 Å². The summed E-state index contributed by atoms with van der Waals surface area (Å²) in [6.45, 7) is 0. The Morgan fingerprint density at radius 2 is 1.65 bits per heavy atom. The third kappa shape index (κ3) is 3.33. The lowest BCUT2D eigenvalue weighted by Gasteiger charge is -2.08. The zero-order chi connectivity index (χ0) is 14.9. The summed E-state index contributed by atoms with van der Waals surface area (Å²) in [5.74, 6) is -1.20. The minimum absolute atomic E-state index is 0.182. The Kier molecular flexibility index (Phi) is 4.38. The molecule has 0 atom stereocenters. The molecule has 2 aromatic rings. The Morgan fingerprint density at radius 1 is 1.05 bits per heavy atom. The number of nitrogen functional groups attached to an aromatic ring is 1. The average molecular weight is 334 g/mol. The summed E-state index contributed by atoms with van der Waals surface area (Å²) in [4.78, 5) is 12.0. The van der Waals surface area contributed by atoms with Crippen LogP contribution in [-0.2, 0) is 0 Å². The molecule has 0 aliphatic carbocycles. The van der Waals surface area contributed by atoms with E-state index >= 15 is 0 Å². The van der Waals surface area contributed by atoms with Crippen LogP contribution in [0, 0.1) is 5.82 Å². The van der Waals surface area contributed by atoms with Crippen molar-refractivity contribution < 1.29 is 9.18 Å². The lowest BCUT2D eigenvalue weighted by atomic mass is 10.2. The summed E-state index contributed by atoms with van der Waals surface area (Å²) >= 11 is 17.1. The predicted molar refractivity (Wildman–Crippen MR) is 80.2 cm³/mol. The standard InChI is InChI=1S/C13H8Cl3FN2O/c14-7-1-6(2-8(18)3-7)13(20)19-9-4-10(15)12(17)11(16)5-9/h1-5H,18H2,(H,19,20). The smallest absolute Gasteiger partial charge is 0.255 e. The molecule has 3 nitrogen and oxygen atoms in total. The first-order valence-electron chi connectivity index (χ1n) is 5.39. The van der Waals surface area contributed by atoms with Gasteiger partial charge in [-0.2, -0.15) is 0 Å².